The molecule has 2 nitrogen and oxygen atoms in total. The quantitative estimate of drug-likeness (QED) is 0.783. The van der Waals surface area contributed by atoms with Gasteiger partial charge in [-0.1, -0.05) is 0 Å². The molecule has 70 valence electrons. The second-order valence-corrected chi connectivity index (χ2v) is 4.30. The lowest BCUT2D eigenvalue weighted by Crippen LogP contribution is -1.99. The smallest absolute Gasteiger partial charge is 0.195 e. The number of rotatable bonds is 2. The summed E-state index contributed by atoms with van der Waals surface area (Å²) in [5.41, 5.74) is 1.38. The van der Waals surface area contributed by atoms with Gasteiger partial charge in [-0.05, 0) is 28.1 Å². The average Bonchev–Trinajstić information content (AvgIpc) is 2.65. The number of thiophene rings is 1. The molecule has 0 aromatic carbocycles. The van der Waals surface area contributed by atoms with Crippen LogP contribution >= 0.6 is 27.3 Å². The Morgan fingerprint density at radius 3 is 2.57 bits per heavy atom. The van der Waals surface area contributed by atoms with Crippen LogP contribution in [-0.2, 0) is 0 Å². The van der Waals surface area contributed by atoms with Crippen LogP contribution in [-0.4, -0.2) is 10.8 Å². The number of hydrogen-bond donors (Lipinski definition) is 0. The normalized spacial score (nSPS) is 10.1. The van der Waals surface area contributed by atoms with Gasteiger partial charge in [-0.15, -0.1) is 0 Å². The molecule has 2 rings (SSSR count). The van der Waals surface area contributed by atoms with E-state index in [2.05, 4.69) is 20.9 Å². The molecule has 0 saturated carbocycles. The van der Waals surface area contributed by atoms with Gasteiger partial charge in [0.1, 0.15) is 0 Å². The van der Waals surface area contributed by atoms with Crippen molar-refractivity contribution >= 4 is 33.0 Å². The zero-order valence-corrected chi connectivity index (χ0v) is 9.51. The van der Waals surface area contributed by atoms with Gasteiger partial charge in [0.2, 0.25) is 0 Å². The summed E-state index contributed by atoms with van der Waals surface area (Å²) in [6, 6.07) is 3.43. The van der Waals surface area contributed by atoms with Crippen LogP contribution < -0.4 is 0 Å². The lowest BCUT2D eigenvalue weighted by molar-refractivity contribution is 0.103. The third-order valence-corrected chi connectivity index (χ3v) is 3.50. The lowest BCUT2D eigenvalue weighted by Gasteiger charge is -1.97. The Morgan fingerprint density at radius 1 is 1.29 bits per heavy atom. The minimum atomic E-state index is 0.0283. The summed E-state index contributed by atoms with van der Waals surface area (Å²) in [4.78, 5) is 15.7. The summed E-state index contributed by atoms with van der Waals surface area (Å²) in [6.07, 6.45) is 3.24. The lowest BCUT2D eigenvalue weighted by atomic mass is 10.1. The van der Waals surface area contributed by atoms with Crippen molar-refractivity contribution in [3.8, 4) is 0 Å². The van der Waals surface area contributed by atoms with Crippen molar-refractivity contribution in [3.63, 3.8) is 0 Å². The maximum Gasteiger partial charge on any atom is 0.195 e. The number of carbonyl (C=O) groups excluding carboxylic acids is 1. The fourth-order valence-corrected chi connectivity index (χ4v) is 2.56. The number of aromatic nitrogens is 1. The molecule has 2 heterocycles. The van der Waals surface area contributed by atoms with Crippen molar-refractivity contribution in [2.75, 3.05) is 0 Å². The van der Waals surface area contributed by atoms with Gasteiger partial charge in [-0.3, -0.25) is 9.78 Å². The van der Waals surface area contributed by atoms with Crippen molar-refractivity contribution in [3.05, 3.63) is 50.9 Å². The zero-order valence-electron chi connectivity index (χ0n) is 7.11. The Labute approximate surface area is 93.7 Å². The molecule has 14 heavy (non-hydrogen) atoms. The Morgan fingerprint density at radius 2 is 2.00 bits per heavy atom. The third-order valence-electron chi connectivity index (χ3n) is 1.80. The molecule has 0 saturated heterocycles. The van der Waals surface area contributed by atoms with E-state index in [4.69, 9.17) is 0 Å². The molecule has 4 heteroatoms. The molecule has 0 unspecified atom stereocenters. The monoisotopic (exact) mass is 267 g/mol. The number of pyridine rings is 1. The van der Waals surface area contributed by atoms with Gasteiger partial charge >= 0.3 is 0 Å². The first-order valence-electron chi connectivity index (χ1n) is 3.95. The number of nitrogens with zero attached hydrogens (tertiary/aromatic N) is 1. The predicted molar refractivity (Wildman–Crippen MR) is 59.7 cm³/mol. The van der Waals surface area contributed by atoms with Crippen molar-refractivity contribution in [1.82, 2.24) is 4.98 Å². The zero-order chi connectivity index (χ0) is 9.97. The molecule has 0 N–H and O–H groups in total. The van der Waals surface area contributed by atoms with E-state index < -0.39 is 0 Å². The maximum absolute atomic E-state index is 11.9. The van der Waals surface area contributed by atoms with Gasteiger partial charge in [0.15, 0.2) is 5.78 Å². The van der Waals surface area contributed by atoms with Crippen molar-refractivity contribution in [2.45, 2.75) is 0 Å². The number of hydrogen-bond acceptors (Lipinski definition) is 3. The maximum atomic E-state index is 11.9. The Hall–Kier alpha value is -1.00. The van der Waals surface area contributed by atoms with Gasteiger partial charge in [0.05, 0.1) is 0 Å². The SMILES string of the molecule is O=C(c1ccncc1)c1cscc1Br. The number of halogens is 1. The second-order valence-electron chi connectivity index (χ2n) is 2.70. The van der Waals surface area contributed by atoms with Crippen LogP contribution in [0.5, 0.6) is 0 Å². The third kappa shape index (κ3) is 1.76. The molecule has 0 aliphatic heterocycles. The van der Waals surface area contributed by atoms with Crippen LogP contribution in [0.15, 0.2) is 39.8 Å². The summed E-state index contributed by atoms with van der Waals surface area (Å²) in [5, 5.41) is 3.74. The molecule has 0 amide bonds. The van der Waals surface area contributed by atoms with E-state index in [1.54, 1.807) is 24.5 Å². The summed E-state index contributed by atoms with van der Waals surface area (Å²) in [5.74, 6) is 0.0283. The van der Waals surface area contributed by atoms with Gasteiger partial charge in [-0.2, -0.15) is 11.3 Å². The molecule has 0 radical (unpaired) electrons. The van der Waals surface area contributed by atoms with Gasteiger partial charge < -0.3 is 0 Å². The van der Waals surface area contributed by atoms with E-state index >= 15 is 0 Å². The molecule has 2 aromatic rings. The van der Waals surface area contributed by atoms with Gasteiger partial charge in [0.25, 0.3) is 0 Å². The van der Waals surface area contributed by atoms with Gasteiger partial charge in [-0.25, -0.2) is 0 Å². The fraction of sp³-hybridized carbons (Fsp3) is 0. The molecular weight excluding hydrogens is 262 g/mol. The van der Waals surface area contributed by atoms with Crippen molar-refractivity contribution in [1.29, 1.82) is 0 Å². The molecule has 2 aromatic heterocycles. The Bertz CT molecular complexity index is 452. The average molecular weight is 268 g/mol. The highest BCUT2D eigenvalue weighted by molar-refractivity contribution is 9.10. The van der Waals surface area contributed by atoms with Crippen LogP contribution in [0.4, 0.5) is 0 Å². The minimum Gasteiger partial charge on any atom is -0.289 e. The predicted octanol–water partition coefficient (Wildman–Crippen LogP) is 3.14. The fourth-order valence-electron chi connectivity index (χ4n) is 1.10. The first kappa shape index (κ1) is 9.55. The number of carbonyl (C=O) groups is 1. The second kappa shape index (κ2) is 4.02. The van der Waals surface area contributed by atoms with E-state index in [0.29, 0.717) is 11.1 Å². The highest BCUT2D eigenvalue weighted by Crippen LogP contribution is 2.23. The Balaban J connectivity index is 2.39. The standard InChI is InChI=1S/C10H6BrNOS/c11-9-6-14-5-8(9)10(13)7-1-3-12-4-2-7/h1-6H. The largest absolute Gasteiger partial charge is 0.289 e. The first-order chi connectivity index (χ1) is 6.79. The molecule has 0 aliphatic carbocycles. The van der Waals surface area contributed by atoms with Crippen LogP contribution in [0.25, 0.3) is 0 Å². The van der Waals surface area contributed by atoms with E-state index in [0.717, 1.165) is 4.47 Å². The van der Waals surface area contributed by atoms with Crippen LogP contribution in [0.1, 0.15) is 15.9 Å². The topological polar surface area (TPSA) is 30.0 Å². The van der Waals surface area contributed by atoms with Crippen molar-refractivity contribution < 1.29 is 4.79 Å². The van der Waals surface area contributed by atoms with Crippen LogP contribution in [0.3, 0.4) is 0 Å². The highest BCUT2D eigenvalue weighted by Gasteiger charge is 2.12. The minimum absolute atomic E-state index is 0.0283. The first-order valence-corrected chi connectivity index (χ1v) is 5.69. The molecule has 0 bridgehead atoms. The summed E-state index contributed by atoms with van der Waals surface area (Å²) < 4.78 is 0.851. The Kier molecular flexibility index (Phi) is 2.74. The highest BCUT2D eigenvalue weighted by atomic mass is 79.9. The summed E-state index contributed by atoms with van der Waals surface area (Å²) in [6.45, 7) is 0. The molecule has 0 aliphatic rings. The summed E-state index contributed by atoms with van der Waals surface area (Å²) in [7, 11) is 0. The van der Waals surface area contributed by atoms with E-state index in [1.165, 1.54) is 11.3 Å². The van der Waals surface area contributed by atoms with Crippen LogP contribution in [0, 0.1) is 0 Å². The van der Waals surface area contributed by atoms with E-state index in [9.17, 15) is 4.79 Å². The number of ketones is 1. The molecule has 0 atom stereocenters. The molecular formula is C10H6BrNOS. The van der Waals surface area contributed by atoms with E-state index in [1.807, 2.05) is 10.8 Å². The molecule has 0 fully saturated rings. The van der Waals surface area contributed by atoms with Gasteiger partial charge in [0, 0.05) is 38.8 Å². The van der Waals surface area contributed by atoms with Crippen LogP contribution in [0.2, 0.25) is 0 Å². The van der Waals surface area contributed by atoms with E-state index in [-0.39, 0.29) is 5.78 Å². The summed E-state index contributed by atoms with van der Waals surface area (Å²) >= 11 is 4.84. The van der Waals surface area contributed by atoms with Crippen molar-refractivity contribution in [2.24, 2.45) is 0 Å². The molecule has 0 spiro atoms.